The lowest BCUT2D eigenvalue weighted by atomic mass is 10.0. The number of carbonyl (C=O) groups excluding carboxylic acids is 1. The molecule has 0 saturated carbocycles. The number of Topliss-reactive ketones (excluding diaryl/α,β-unsaturated/α-hetero) is 1. The second-order valence-electron chi connectivity index (χ2n) is 4.35. The highest BCUT2D eigenvalue weighted by Crippen LogP contribution is 2.13. The summed E-state index contributed by atoms with van der Waals surface area (Å²) in [5, 5.41) is 0.743. The van der Waals surface area contributed by atoms with Gasteiger partial charge in [0.2, 0.25) is 0 Å². The molecule has 0 aromatic carbocycles. The molecular weight excluding hydrogens is 192 g/mol. The molecule has 0 amide bonds. The molecule has 2 heteroatoms. The number of thioether (sulfide) groups is 1. The monoisotopic (exact) mass is 216 g/mol. The molecule has 1 nitrogen and oxygen atoms in total. The Bertz CT molecular complexity index is 152. The summed E-state index contributed by atoms with van der Waals surface area (Å²) in [7, 11) is 0. The Hall–Kier alpha value is 0.0200. The van der Waals surface area contributed by atoms with Gasteiger partial charge in [-0.05, 0) is 23.8 Å². The molecule has 0 aromatic heterocycles. The van der Waals surface area contributed by atoms with Crippen LogP contribution in [0.3, 0.4) is 0 Å². The van der Waals surface area contributed by atoms with Gasteiger partial charge in [0.1, 0.15) is 5.78 Å². The second kappa shape index (κ2) is 8.34. The molecule has 0 unspecified atom stereocenters. The van der Waals surface area contributed by atoms with Crippen LogP contribution < -0.4 is 0 Å². The van der Waals surface area contributed by atoms with Crippen LogP contribution in [0, 0.1) is 5.92 Å². The molecule has 14 heavy (non-hydrogen) atoms. The van der Waals surface area contributed by atoms with E-state index in [9.17, 15) is 4.79 Å². The number of hydrogen-bond acceptors (Lipinski definition) is 2. The summed E-state index contributed by atoms with van der Waals surface area (Å²) in [6, 6.07) is 0. The van der Waals surface area contributed by atoms with Gasteiger partial charge in [-0.15, -0.1) is 0 Å². The van der Waals surface area contributed by atoms with E-state index in [2.05, 4.69) is 13.8 Å². The third kappa shape index (κ3) is 8.61. The van der Waals surface area contributed by atoms with Crippen LogP contribution in [0.25, 0.3) is 0 Å². The summed E-state index contributed by atoms with van der Waals surface area (Å²) in [5.74, 6) is 1.88. The fourth-order valence-corrected chi connectivity index (χ4v) is 2.03. The van der Waals surface area contributed by atoms with Crippen LogP contribution in [0.5, 0.6) is 0 Å². The van der Waals surface area contributed by atoms with E-state index in [1.54, 1.807) is 0 Å². The van der Waals surface area contributed by atoms with E-state index in [4.69, 9.17) is 0 Å². The SMILES string of the molecule is CC(C)SCCCCCC(=O)C(C)C. The summed E-state index contributed by atoms with van der Waals surface area (Å²) < 4.78 is 0. The standard InChI is InChI=1S/C12H24OS/c1-10(2)12(13)8-6-5-7-9-14-11(3)4/h10-11H,5-9H2,1-4H3. The molecule has 0 heterocycles. The predicted molar refractivity (Wildman–Crippen MR) is 65.9 cm³/mol. The zero-order chi connectivity index (χ0) is 11.0. The molecule has 84 valence electrons. The molecule has 0 aromatic rings. The van der Waals surface area contributed by atoms with Crippen molar-refractivity contribution in [3.05, 3.63) is 0 Å². The van der Waals surface area contributed by atoms with E-state index in [0.29, 0.717) is 5.78 Å². The predicted octanol–water partition coefficient (Wildman–Crippen LogP) is 3.91. The quantitative estimate of drug-likeness (QED) is 0.572. The average Bonchev–Trinajstić information content (AvgIpc) is 2.09. The van der Waals surface area contributed by atoms with Gasteiger partial charge in [0, 0.05) is 12.3 Å². The molecule has 0 atom stereocenters. The largest absolute Gasteiger partial charge is 0.299 e. The van der Waals surface area contributed by atoms with E-state index in [0.717, 1.165) is 18.1 Å². The van der Waals surface area contributed by atoms with Gasteiger partial charge >= 0.3 is 0 Å². The summed E-state index contributed by atoms with van der Waals surface area (Å²) in [6.45, 7) is 8.42. The summed E-state index contributed by atoms with van der Waals surface area (Å²) in [4.78, 5) is 11.3. The Kier molecular flexibility index (Phi) is 8.35. The lowest BCUT2D eigenvalue weighted by Gasteiger charge is -2.05. The Balaban J connectivity index is 3.18. The van der Waals surface area contributed by atoms with Crippen molar-refractivity contribution in [3.8, 4) is 0 Å². The molecule has 0 fully saturated rings. The molecule has 0 aliphatic carbocycles. The van der Waals surface area contributed by atoms with E-state index in [1.807, 2.05) is 25.6 Å². The van der Waals surface area contributed by atoms with Crippen molar-refractivity contribution < 1.29 is 4.79 Å². The minimum Gasteiger partial charge on any atom is -0.299 e. The number of hydrogen-bond donors (Lipinski definition) is 0. The molecular formula is C12H24OS. The zero-order valence-electron chi connectivity index (χ0n) is 10.0. The van der Waals surface area contributed by atoms with Crippen LogP contribution >= 0.6 is 11.8 Å². The molecule has 0 spiro atoms. The zero-order valence-corrected chi connectivity index (χ0v) is 10.8. The fraction of sp³-hybridized carbons (Fsp3) is 0.917. The Morgan fingerprint density at radius 2 is 1.71 bits per heavy atom. The van der Waals surface area contributed by atoms with Crippen LogP contribution in [0.2, 0.25) is 0 Å². The second-order valence-corrected chi connectivity index (χ2v) is 6.04. The van der Waals surface area contributed by atoms with E-state index in [-0.39, 0.29) is 5.92 Å². The number of carbonyl (C=O) groups is 1. The van der Waals surface area contributed by atoms with Gasteiger partial charge < -0.3 is 0 Å². The highest BCUT2D eigenvalue weighted by Gasteiger charge is 2.05. The molecule has 0 aliphatic heterocycles. The van der Waals surface area contributed by atoms with Crippen LogP contribution in [0.15, 0.2) is 0 Å². The summed E-state index contributed by atoms with van der Waals surface area (Å²) >= 11 is 2.01. The summed E-state index contributed by atoms with van der Waals surface area (Å²) in [5.41, 5.74) is 0. The Labute approximate surface area is 93.0 Å². The Morgan fingerprint density at radius 1 is 1.07 bits per heavy atom. The maximum Gasteiger partial charge on any atom is 0.135 e. The van der Waals surface area contributed by atoms with E-state index in [1.165, 1.54) is 18.6 Å². The van der Waals surface area contributed by atoms with Crippen molar-refractivity contribution >= 4 is 17.5 Å². The first-order valence-corrected chi connectivity index (χ1v) is 6.73. The molecule has 0 bridgehead atoms. The first kappa shape index (κ1) is 14.0. The van der Waals surface area contributed by atoms with Gasteiger partial charge in [0.05, 0.1) is 0 Å². The number of ketones is 1. The topological polar surface area (TPSA) is 17.1 Å². The lowest BCUT2D eigenvalue weighted by molar-refractivity contribution is -0.122. The highest BCUT2D eigenvalue weighted by molar-refractivity contribution is 7.99. The van der Waals surface area contributed by atoms with Crippen molar-refractivity contribution in [2.45, 2.75) is 58.6 Å². The van der Waals surface area contributed by atoms with Gasteiger partial charge in [0.15, 0.2) is 0 Å². The summed E-state index contributed by atoms with van der Waals surface area (Å²) in [6.07, 6.45) is 4.33. The third-order valence-corrected chi connectivity index (χ3v) is 3.35. The van der Waals surface area contributed by atoms with Gasteiger partial charge in [-0.25, -0.2) is 0 Å². The van der Waals surface area contributed by atoms with Gasteiger partial charge in [-0.1, -0.05) is 34.1 Å². The number of unbranched alkanes of at least 4 members (excludes halogenated alkanes) is 2. The first-order valence-electron chi connectivity index (χ1n) is 5.68. The highest BCUT2D eigenvalue weighted by atomic mass is 32.2. The van der Waals surface area contributed by atoms with Crippen molar-refractivity contribution in [2.75, 3.05) is 5.75 Å². The van der Waals surface area contributed by atoms with Crippen molar-refractivity contribution in [1.82, 2.24) is 0 Å². The third-order valence-electron chi connectivity index (χ3n) is 2.16. The first-order chi connectivity index (χ1) is 6.54. The minimum absolute atomic E-state index is 0.222. The molecule has 0 rings (SSSR count). The van der Waals surface area contributed by atoms with Gasteiger partial charge in [0.25, 0.3) is 0 Å². The number of rotatable bonds is 8. The molecule has 0 saturated heterocycles. The smallest absolute Gasteiger partial charge is 0.135 e. The van der Waals surface area contributed by atoms with E-state index < -0.39 is 0 Å². The maximum atomic E-state index is 11.3. The van der Waals surface area contributed by atoms with Crippen LogP contribution in [-0.2, 0) is 4.79 Å². The molecule has 0 aliphatic rings. The van der Waals surface area contributed by atoms with Crippen molar-refractivity contribution in [2.24, 2.45) is 5.92 Å². The van der Waals surface area contributed by atoms with Crippen molar-refractivity contribution in [3.63, 3.8) is 0 Å². The average molecular weight is 216 g/mol. The lowest BCUT2D eigenvalue weighted by Crippen LogP contribution is -2.06. The van der Waals surface area contributed by atoms with Crippen molar-refractivity contribution in [1.29, 1.82) is 0 Å². The minimum atomic E-state index is 0.222. The van der Waals surface area contributed by atoms with E-state index >= 15 is 0 Å². The normalized spacial score (nSPS) is 11.3. The van der Waals surface area contributed by atoms with Crippen LogP contribution in [0.4, 0.5) is 0 Å². The Morgan fingerprint density at radius 3 is 2.21 bits per heavy atom. The fourth-order valence-electron chi connectivity index (χ4n) is 1.19. The molecule has 0 radical (unpaired) electrons. The van der Waals surface area contributed by atoms with Crippen LogP contribution in [0.1, 0.15) is 53.4 Å². The van der Waals surface area contributed by atoms with Gasteiger partial charge in [-0.3, -0.25) is 4.79 Å². The van der Waals surface area contributed by atoms with Gasteiger partial charge in [-0.2, -0.15) is 11.8 Å². The van der Waals surface area contributed by atoms with Crippen LogP contribution in [-0.4, -0.2) is 16.8 Å². The molecule has 0 N–H and O–H groups in total. The maximum absolute atomic E-state index is 11.3.